The van der Waals surface area contributed by atoms with Gasteiger partial charge in [0, 0.05) is 24.8 Å². The van der Waals surface area contributed by atoms with Crippen LogP contribution in [0.4, 0.5) is 5.69 Å². The molecular weight excluding hydrogens is 190 g/mol. The first kappa shape index (κ1) is 10.0. The van der Waals surface area contributed by atoms with Gasteiger partial charge in [0.05, 0.1) is 12.7 Å². The number of nitrogens with zero attached hydrogens (tertiary/aromatic N) is 1. The highest BCUT2D eigenvalue weighted by Gasteiger charge is 2.19. The van der Waals surface area contributed by atoms with Crippen LogP contribution in [0, 0.1) is 0 Å². The van der Waals surface area contributed by atoms with Crippen LogP contribution in [-0.2, 0) is 6.42 Å². The summed E-state index contributed by atoms with van der Waals surface area (Å²) in [5.74, 6) is 0.744. The lowest BCUT2D eigenvalue weighted by atomic mass is 9.98. The van der Waals surface area contributed by atoms with Crippen LogP contribution < -0.4 is 9.64 Å². The Hall–Kier alpha value is -1.51. The largest absolute Gasteiger partial charge is 0.496 e. The number of aldehydes is 1. The highest BCUT2D eigenvalue weighted by molar-refractivity contribution is 5.83. The lowest BCUT2D eigenvalue weighted by Crippen LogP contribution is -2.25. The minimum atomic E-state index is 0.645. The topological polar surface area (TPSA) is 29.5 Å². The maximum absolute atomic E-state index is 10.9. The van der Waals surface area contributed by atoms with Gasteiger partial charge in [-0.2, -0.15) is 0 Å². The van der Waals surface area contributed by atoms with E-state index in [0.717, 1.165) is 37.0 Å². The van der Waals surface area contributed by atoms with Gasteiger partial charge >= 0.3 is 0 Å². The second kappa shape index (κ2) is 3.93. The molecule has 0 fully saturated rings. The van der Waals surface area contributed by atoms with E-state index in [1.165, 1.54) is 5.69 Å². The fourth-order valence-electron chi connectivity index (χ4n) is 2.18. The molecule has 3 nitrogen and oxygen atoms in total. The minimum absolute atomic E-state index is 0.645. The Kier molecular flexibility index (Phi) is 2.62. The van der Waals surface area contributed by atoms with Crippen LogP contribution in [0.5, 0.6) is 5.75 Å². The molecule has 0 radical (unpaired) electrons. The highest BCUT2D eigenvalue weighted by atomic mass is 16.5. The lowest BCUT2D eigenvalue weighted by Gasteiger charge is -2.29. The molecule has 0 saturated heterocycles. The molecule has 0 N–H and O–H groups in total. The Morgan fingerprint density at radius 3 is 2.93 bits per heavy atom. The Balaban J connectivity index is 2.58. The van der Waals surface area contributed by atoms with E-state index in [4.69, 9.17) is 4.74 Å². The molecule has 0 amide bonds. The molecule has 0 spiro atoms. The number of anilines is 1. The Bertz CT molecular complexity index is 387. The van der Waals surface area contributed by atoms with E-state index < -0.39 is 0 Å². The van der Waals surface area contributed by atoms with Crippen LogP contribution in [0.15, 0.2) is 12.1 Å². The SMILES string of the molecule is COc1c(C=O)ccc2c1CCCN2C. The Morgan fingerprint density at radius 1 is 1.47 bits per heavy atom. The summed E-state index contributed by atoms with van der Waals surface area (Å²) in [7, 11) is 3.69. The van der Waals surface area contributed by atoms with Crippen molar-refractivity contribution < 1.29 is 9.53 Å². The molecule has 80 valence electrons. The first-order valence-electron chi connectivity index (χ1n) is 5.14. The van der Waals surface area contributed by atoms with E-state index in [1.54, 1.807) is 7.11 Å². The van der Waals surface area contributed by atoms with Crippen LogP contribution in [0.3, 0.4) is 0 Å². The van der Waals surface area contributed by atoms with Crippen molar-refractivity contribution in [2.75, 3.05) is 25.6 Å². The second-order valence-electron chi connectivity index (χ2n) is 3.83. The van der Waals surface area contributed by atoms with Crippen molar-refractivity contribution in [1.29, 1.82) is 0 Å². The summed E-state index contributed by atoms with van der Waals surface area (Å²) in [6.45, 7) is 1.07. The van der Waals surface area contributed by atoms with E-state index in [0.29, 0.717) is 5.56 Å². The molecule has 1 aliphatic heterocycles. The summed E-state index contributed by atoms with van der Waals surface area (Å²) < 4.78 is 5.33. The molecule has 1 aromatic carbocycles. The van der Waals surface area contributed by atoms with Crippen LogP contribution in [0.1, 0.15) is 22.3 Å². The summed E-state index contributed by atoms with van der Waals surface area (Å²) in [5, 5.41) is 0. The molecule has 0 aliphatic carbocycles. The number of benzene rings is 1. The van der Waals surface area contributed by atoms with E-state index in [2.05, 4.69) is 11.9 Å². The fraction of sp³-hybridized carbons (Fsp3) is 0.417. The molecule has 0 unspecified atom stereocenters. The normalized spacial score (nSPS) is 14.7. The van der Waals surface area contributed by atoms with Crippen molar-refractivity contribution in [2.24, 2.45) is 0 Å². The van der Waals surface area contributed by atoms with Gasteiger partial charge in [0.2, 0.25) is 0 Å². The lowest BCUT2D eigenvalue weighted by molar-refractivity contribution is 0.112. The van der Waals surface area contributed by atoms with Crippen LogP contribution in [0.2, 0.25) is 0 Å². The third kappa shape index (κ3) is 1.58. The molecule has 3 heteroatoms. The molecule has 1 aliphatic rings. The van der Waals surface area contributed by atoms with Crippen LogP contribution in [-0.4, -0.2) is 27.0 Å². The van der Waals surface area contributed by atoms with Crippen molar-refractivity contribution in [2.45, 2.75) is 12.8 Å². The zero-order valence-electron chi connectivity index (χ0n) is 9.12. The second-order valence-corrected chi connectivity index (χ2v) is 3.83. The van der Waals surface area contributed by atoms with Gasteiger partial charge in [0.15, 0.2) is 6.29 Å². The van der Waals surface area contributed by atoms with Crippen molar-refractivity contribution in [1.82, 2.24) is 0 Å². The first-order chi connectivity index (χ1) is 7.27. The van der Waals surface area contributed by atoms with Crippen LogP contribution in [0.25, 0.3) is 0 Å². The molecule has 0 bridgehead atoms. The van der Waals surface area contributed by atoms with Gasteiger partial charge in [-0.3, -0.25) is 4.79 Å². The van der Waals surface area contributed by atoms with Gasteiger partial charge in [-0.15, -0.1) is 0 Å². The number of methoxy groups -OCH3 is 1. The summed E-state index contributed by atoms with van der Waals surface area (Å²) in [4.78, 5) is 13.1. The molecular formula is C12H15NO2. The zero-order chi connectivity index (χ0) is 10.8. The number of fused-ring (bicyclic) bond motifs is 1. The number of hydrogen-bond acceptors (Lipinski definition) is 3. The van der Waals surface area contributed by atoms with E-state index in [1.807, 2.05) is 12.1 Å². The number of carbonyl (C=O) groups excluding carboxylic acids is 1. The molecule has 0 saturated carbocycles. The highest BCUT2D eigenvalue weighted by Crippen LogP contribution is 2.35. The average Bonchev–Trinajstić information content (AvgIpc) is 2.28. The maximum atomic E-state index is 10.9. The number of rotatable bonds is 2. The van der Waals surface area contributed by atoms with Gasteiger partial charge in [-0.25, -0.2) is 0 Å². The standard InChI is InChI=1S/C12H15NO2/c1-13-7-3-4-10-11(13)6-5-9(8-14)12(10)15-2/h5-6,8H,3-4,7H2,1-2H3. The van der Waals surface area contributed by atoms with E-state index >= 15 is 0 Å². The Morgan fingerprint density at radius 2 is 2.27 bits per heavy atom. The molecule has 15 heavy (non-hydrogen) atoms. The molecule has 1 heterocycles. The number of hydrogen-bond donors (Lipinski definition) is 0. The third-order valence-electron chi connectivity index (χ3n) is 2.93. The average molecular weight is 205 g/mol. The van der Waals surface area contributed by atoms with E-state index in [-0.39, 0.29) is 0 Å². The predicted octanol–water partition coefficient (Wildman–Crippen LogP) is 1.89. The Labute approximate surface area is 89.7 Å². The van der Waals surface area contributed by atoms with Crippen molar-refractivity contribution in [3.05, 3.63) is 23.3 Å². The number of ether oxygens (including phenoxy) is 1. The maximum Gasteiger partial charge on any atom is 0.153 e. The molecule has 0 aromatic heterocycles. The van der Waals surface area contributed by atoms with Crippen molar-refractivity contribution in [3.63, 3.8) is 0 Å². The fourth-order valence-corrected chi connectivity index (χ4v) is 2.18. The minimum Gasteiger partial charge on any atom is -0.496 e. The van der Waals surface area contributed by atoms with Gasteiger partial charge in [0.25, 0.3) is 0 Å². The van der Waals surface area contributed by atoms with Gasteiger partial charge in [-0.05, 0) is 25.0 Å². The van der Waals surface area contributed by atoms with Crippen molar-refractivity contribution >= 4 is 12.0 Å². The van der Waals surface area contributed by atoms with Gasteiger partial charge in [-0.1, -0.05) is 0 Å². The molecule has 2 rings (SSSR count). The predicted molar refractivity (Wildman–Crippen MR) is 60.0 cm³/mol. The zero-order valence-corrected chi connectivity index (χ0v) is 9.12. The summed E-state index contributed by atoms with van der Waals surface area (Å²) in [6, 6.07) is 3.83. The van der Waals surface area contributed by atoms with Crippen LogP contribution >= 0.6 is 0 Å². The smallest absolute Gasteiger partial charge is 0.153 e. The first-order valence-corrected chi connectivity index (χ1v) is 5.14. The van der Waals surface area contributed by atoms with Crippen molar-refractivity contribution in [3.8, 4) is 5.75 Å². The van der Waals surface area contributed by atoms with E-state index in [9.17, 15) is 4.79 Å². The molecule has 0 atom stereocenters. The quantitative estimate of drug-likeness (QED) is 0.690. The summed E-state index contributed by atoms with van der Waals surface area (Å²) >= 11 is 0. The van der Waals surface area contributed by atoms with Gasteiger partial charge < -0.3 is 9.64 Å². The molecule has 1 aromatic rings. The number of carbonyl (C=O) groups is 1. The monoisotopic (exact) mass is 205 g/mol. The summed E-state index contributed by atoms with van der Waals surface area (Å²) in [6.07, 6.45) is 2.96. The third-order valence-corrected chi connectivity index (χ3v) is 2.93. The van der Waals surface area contributed by atoms with Gasteiger partial charge in [0.1, 0.15) is 5.75 Å². The summed E-state index contributed by atoms with van der Waals surface area (Å²) in [5.41, 5.74) is 2.99.